The predicted molar refractivity (Wildman–Crippen MR) is 146 cm³/mol. The minimum Gasteiger partial charge on any atom is -0.352 e. The SMILES string of the molecule is CC[C@H](C)NC(=O)[C@@H](C)N(Cc1ccccc1C)C(=O)CCCN(c1cccc(C)c1C)S(C)(=O)=O. The van der Waals surface area contributed by atoms with Crippen LogP contribution < -0.4 is 9.62 Å². The number of amides is 2. The number of carbonyl (C=O) groups excluding carboxylic acids is 2. The smallest absolute Gasteiger partial charge is 0.242 e. The highest BCUT2D eigenvalue weighted by atomic mass is 32.2. The lowest BCUT2D eigenvalue weighted by molar-refractivity contribution is -0.140. The van der Waals surface area contributed by atoms with E-state index in [1.165, 1.54) is 10.6 Å². The van der Waals surface area contributed by atoms with E-state index in [9.17, 15) is 18.0 Å². The number of nitrogens with one attached hydrogen (secondary N) is 1. The molecule has 0 aliphatic heterocycles. The van der Waals surface area contributed by atoms with Crippen molar-refractivity contribution in [2.24, 2.45) is 0 Å². The van der Waals surface area contributed by atoms with Crippen molar-refractivity contribution in [3.8, 4) is 0 Å². The highest BCUT2D eigenvalue weighted by Gasteiger charge is 2.27. The zero-order valence-electron chi connectivity index (χ0n) is 22.7. The maximum absolute atomic E-state index is 13.4. The quantitative estimate of drug-likeness (QED) is 0.451. The van der Waals surface area contributed by atoms with Crippen LogP contribution in [0.2, 0.25) is 0 Å². The maximum atomic E-state index is 13.4. The summed E-state index contributed by atoms with van der Waals surface area (Å²) in [4.78, 5) is 27.9. The molecule has 0 saturated heterocycles. The summed E-state index contributed by atoms with van der Waals surface area (Å²) < 4.78 is 26.5. The fourth-order valence-corrected chi connectivity index (χ4v) is 5.02. The van der Waals surface area contributed by atoms with Crippen LogP contribution in [0.15, 0.2) is 42.5 Å². The molecule has 2 aromatic rings. The van der Waals surface area contributed by atoms with Crippen LogP contribution in [0, 0.1) is 20.8 Å². The Bertz CT molecular complexity index is 1160. The summed E-state index contributed by atoms with van der Waals surface area (Å²) in [6.07, 6.45) is 2.44. The van der Waals surface area contributed by atoms with Gasteiger partial charge in [-0.25, -0.2) is 8.42 Å². The van der Waals surface area contributed by atoms with Crippen molar-refractivity contribution < 1.29 is 18.0 Å². The monoisotopic (exact) mass is 515 g/mol. The summed E-state index contributed by atoms with van der Waals surface area (Å²) >= 11 is 0. The van der Waals surface area contributed by atoms with Gasteiger partial charge in [0.05, 0.1) is 11.9 Å². The molecule has 8 heteroatoms. The third kappa shape index (κ3) is 7.82. The zero-order chi connectivity index (χ0) is 27.0. The molecule has 0 aromatic heterocycles. The molecule has 0 spiro atoms. The molecular formula is C28H41N3O4S. The third-order valence-corrected chi connectivity index (χ3v) is 7.95. The number of nitrogens with zero attached hydrogens (tertiary/aromatic N) is 2. The van der Waals surface area contributed by atoms with Crippen LogP contribution in [-0.2, 0) is 26.2 Å². The second-order valence-electron chi connectivity index (χ2n) is 9.60. The molecule has 2 atom stereocenters. The van der Waals surface area contributed by atoms with Gasteiger partial charge in [-0.15, -0.1) is 0 Å². The van der Waals surface area contributed by atoms with E-state index in [1.807, 2.05) is 71.0 Å². The number of benzene rings is 2. The van der Waals surface area contributed by atoms with E-state index in [-0.39, 0.29) is 30.8 Å². The first-order chi connectivity index (χ1) is 16.9. The number of hydrogen-bond donors (Lipinski definition) is 1. The van der Waals surface area contributed by atoms with Gasteiger partial charge in [-0.2, -0.15) is 0 Å². The van der Waals surface area contributed by atoms with E-state index in [4.69, 9.17) is 0 Å². The average Bonchev–Trinajstić information content (AvgIpc) is 2.82. The lowest BCUT2D eigenvalue weighted by atomic mass is 10.1. The molecule has 0 unspecified atom stereocenters. The van der Waals surface area contributed by atoms with Crippen molar-refractivity contribution in [1.82, 2.24) is 10.2 Å². The second kappa shape index (κ2) is 12.9. The number of anilines is 1. The molecule has 0 bridgehead atoms. The van der Waals surface area contributed by atoms with Gasteiger partial charge in [0.1, 0.15) is 6.04 Å². The van der Waals surface area contributed by atoms with Gasteiger partial charge in [0, 0.05) is 25.6 Å². The maximum Gasteiger partial charge on any atom is 0.242 e. The summed E-state index contributed by atoms with van der Waals surface area (Å²) in [6, 6.07) is 12.7. The number of aryl methyl sites for hydroxylation is 2. The van der Waals surface area contributed by atoms with Gasteiger partial charge in [0.25, 0.3) is 0 Å². The Morgan fingerprint density at radius 2 is 1.61 bits per heavy atom. The van der Waals surface area contributed by atoms with Gasteiger partial charge in [-0.3, -0.25) is 13.9 Å². The van der Waals surface area contributed by atoms with Gasteiger partial charge in [-0.1, -0.05) is 43.3 Å². The molecule has 198 valence electrons. The largest absolute Gasteiger partial charge is 0.352 e. The number of hydrogen-bond acceptors (Lipinski definition) is 4. The third-order valence-electron chi connectivity index (χ3n) is 6.77. The van der Waals surface area contributed by atoms with Crippen LogP contribution in [0.1, 0.15) is 62.3 Å². The Kier molecular flexibility index (Phi) is 10.5. The lowest BCUT2D eigenvalue weighted by Crippen LogP contribution is -2.49. The van der Waals surface area contributed by atoms with E-state index in [2.05, 4.69) is 5.32 Å². The van der Waals surface area contributed by atoms with Crippen LogP contribution in [-0.4, -0.2) is 50.0 Å². The predicted octanol–water partition coefficient (Wildman–Crippen LogP) is 4.49. The Hall–Kier alpha value is -2.87. The van der Waals surface area contributed by atoms with Crippen molar-refractivity contribution in [2.75, 3.05) is 17.1 Å². The molecule has 0 aliphatic carbocycles. The standard InChI is InChI=1S/C28H41N3O4S/c1-8-22(4)29-28(33)24(6)30(19-25-15-10-9-13-21(25)3)27(32)17-12-18-31(36(7,34)35)26-16-11-14-20(2)23(26)5/h9-11,13-16,22,24H,8,12,17-19H2,1-7H3,(H,29,33)/t22-,24+/m0/s1. The van der Waals surface area contributed by atoms with Crippen molar-refractivity contribution >= 4 is 27.5 Å². The van der Waals surface area contributed by atoms with E-state index in [0.29, 0.717) is 18.7 Å². The molecule has 0 fully saturated rings. The summed E-state index contributed by atoms with van der Waals surface area (Å²) in [5.74, 6) is -0.376. The molecule has 0 heterocycles. The summed E-state index contributed by atoms with van der Waals surface area (Å²) in [7, 11) is -3.53. The second-order valence-corrected chi connectivity index (χ2v) is 11.5. The van der Waals surface area contributed by atoms with Crippen LogP contribution in [0.25, 0.3) is 0 Å². The fourth-order valence-electron chi connectivity index (χ4n) is 4.01. The normalized spacial score (nSPS) is 13.1. The molecule has 1 N–H and O–H groups in total. The molecule has 0 aliphatic rings. The van der Waals surface area contributed by atoms with E-state index in [1.54, 1.807) is 17.9 Å². The Labute approximate surface area is 216 Å². The highest BCUT2D eigenvalue weighted by Crippen LogP contribution is 2.25. The average molecular weight is 516 g/mol. The lowest BCUT2D eigenvalue weighted by Gasteiger charge is -2.31. The molecule has 7 nitrogen and oxygen atoms in total. The topological polar surface area (TPSA) is 86.8 Å². The first-order valence-electron chi connectivity index (χ1n) is 12.5. The van der Waals surface area contributed by atoms with Gasteiger partial charge >= 0.3 is 0 Å². The van der Waals surface area contributed by atoms with Crippen LogP contribution in [0.4, 0.5) is 5.69 Å². The summed E-state index contributed by atoms with van der Waals surface area (Å²) in [5, 5.41) is 2.97. The van der Waals surface area contributed by atoms with E-state index >= 15 is 0 Å². The number of carbonyl (C=O) groups is 2. The zero-order valence-corrected chi connectivity index (χ0v) is 23.5. The first kappa shape index (κ1) is 29.4. The molecular weight excluding hydrogens is 474 g/mol. The highest BCUT2D eigenvalue weighted by molar-refractivity contribution is 7.92. The Morgan fingerprint density at radius 3 is 2.22 bits per heavy atom. The Morgan fingerprint density at radius 1 is 0.972 bits per heavy atom. The summed E-state index contributed by atoms with van der Waals surface area (Å²) in [6.45, 7) is 12.0. The van der Waals surface area contributed by atoms with Gasteiger partial charge in [0.2, 0.25) is 21.8 Å². The van der Waals surface area contributed by atoms with Crippen molar-refractivity contribution in [3.05, 3.63) is 64.7 Å². The first-order valence-corrected chi connectivity index (χ1v) is 14.4. The van der Waals surface area contributed by atoms with Gasteiger partial charge in [-0.05, 0) is 75.8 Å². The number of rotatable bonds is 12. The molecule has 0 radical (unpaired) electrons. The van der Waals surface area contributed by atoms with E-state index < -0.39 is 16.1 Å². The van der Waals surface area contributed by atoms with Crippen molar-refractivity contribution in [3.63, 3.8) is 0 Å². The number of sulfonamides is 1. The van der Waals surface area contributed by atoms with Crippen LogP contribution in [0.5, 0.6) is 0 Å². The van der Waals surface area contributed by atoms with Gasteiger partial charge < -0.3 is 10.2 Å². The van der Waals surface area contributed by atoms with E-state index in [0.717, 1.165) is 28.7 Å². The molecule has 2 rings (SSSR count). The summed E-state index contributed by atoms with van der Waals surface area (Å²) in [5.41, 5.74) is 4.54. The van der Waals surface area contributed by atoms with Crippen molar-refractivity contribution in [2.45, 2.75) is 79.4 Å². The minimum absolute atomic E-state index is 0.0104. The molecule has 0 saturated carbocycles. The van der Waals surface area contributed by atoms with Crippen LogP contribution in [0.3, 0.4) is 0 Å². The van der Waals surface area contributed by atoms with Crippen LogP contribution >= 0.6 is 0 Å². The van der Waals surface area contributed by atoms with Crippen molar-refractivity contribution in [1.29, 1.82) is 0 Å². The van der Waals surface area contributed by atoms with Gasteiger partial charge in [0.15, 0.2) is 0 Å². The molecule has 2 aromatic carbocycles. The Balaban J connectivity index is 2.22. The molecule has 2 amide bonds. The molecule has 36 heavy (non-hydrogen) atoms. The fraction of sp³-hybridized carbons (Fsp3) is 0.500. The minimum atomic E-state index is -3.53.